The van der Waals surface area contributed by atoms with Gasteiger partial charge in [-0.25, -0.2) is 0 Å². The zero-order valence-electron chi connectivity index (χ0n) is 14.5. The molecule has 0 spiro atoms. The molecule has 0 radical (unpaired) electrons. The van der Waals surface area contributed by atoms with Crippen molar-refractivity contribution in [2.24, 2.45) is 10.3 Å². The third-order valence-electron chi connectivity index (χ3n) is 4.57. The molecule has 0 fully saturated rings. The van der Waals surface area contributed by atoms with Crippen molar-refractivity contribution >= 4 is 40.5 Å². The monoisotopic (exact) mass is 405 g/mol. The molecule has 1 N–H and O–H groups in total. The Labute approximate surface area is 166 Å². The summed E-state index contributed by atoms with van der Waals surface area (Å²) in [6, 6.07) is 11.9. The summed E-state index contributed by atoms with van der Waals surface area (Å²) in [5, 5.41) is 8.67. The molecule has 0 aliphatic carbocycles. The number of likely N-dealkylation sites (N-methyl/N-ethyl adjacent to an activating group) is 1. The summed E-state index contributed by atoms with van der Waals surface area (Å²) < 4.78 is 5.82. The van der Waals surface area contributed by atoms with E-state index in [1.165, 1.54) is 0 Å². The molecule has 2 aromatic rings. The summed E-state index contributed by atoms with van der Waals surface area (Å²) in [4.78, 5) is 17.1. The Morgan fingerprint density at radius 3 is 2.78 bits per heavy atom. The Balaban J connectivity index is 1.57. The Morgan fingerprint density at radius 2 is 1.96 bits per heavy atom. The molecule has 1 amide bonds. The molecule has 9 heteroatoms. The number of halogens is 2. The second-order valence-corrected chi connectivity index (χ2v) is 7.15. The van der Waals surface area contributed by atoms with E-state index in [9.17, 15) is 4.79 Å². The van der Waals surface area contributed by atoms with Crippen molar-refractivity contribution in [3.63, 3.8) is 0 Å². The van der Waals surface area contributed by atoms with Crippen molar-refractivity contribution in [1.82, 2.24) is 5.43 Å². The molecule has 0 saturated heterocycles. The number of anilines is 2. The van der Waals surface area contributed by atoms with Crippen molar-refractivity contribution in [3.8, 4) is 5.75 Å². The van der Waals surface area contributed by atoms with E-state index in [2.05, 4.69) is 20.7 Å². The molecule has 2 atom stereocenters. The third-order valence-corrected chi connectivity index (χ3v) is 5.12. The van der Waals surface area contributed by atoms with E-state index in [0.717, 1.165) is 17.9 Å². The van der Waals surface area contributed by atoms with Gasteiger partial charge in [0.2, 0.25) is 6.23 Å². The number of carbonyl (C=O) groups is 1. The number of nitrogens with zero attached hydrogens (tertiary/aromatic N) is 4. The van der Waals surface area contributed by atoms with E-state index >= 15 is 0 Å². The Hall–Kier alpha value is -2.51. The van der Waals surface area contributed by atoms with E-state index in [1.54, 1.807) is 23.1 Å². The summed E-state index contributed by atoms with van der Waals surface area (Å²) in [7, 11) is 2.01. The summed E-state index contributed by atoms with van der Waals surface area (Å²) in [6.07, 6.45) is -0.833. The van der Waals surface area contributed by atoms with Gasteiger partial charge in [0.25, 0.3) is 5.91 Å². The Kier molecular flexibility index (Phi) is 4.80. The van der Waals surface area contributed by atoms with E-state index in [0.29, 0.717) is 22.3 Å². The van der Waals surface area contributed by atoms with Crippen LogP contribution in [0.5, 0.6) is 5.75 Å². The van der Waals surface area contributed by atoms with Gasteiger partial charge in [0.05, 0.1) is 16.4 Å². The number of carbonyl (C=O) groups excluding carboxylic acids is 1. The molecule has 2 aliphatic heterocycles. The maximum Gasteiger partial charge on any atom is 0.257 e. The number of nitrogens with one attached hydrogen (secondary N) is 1. The molecular weight excluding hydrogens is 389 g/mol. The van der Waals surface area contributed by atoms with E-state index in [4.69, 9.17) is 27.9 Å². The maximum atomic E-state index is 13.2. The number of hydrogen-bond donors (Lipinski definition) is 1. The first-order chi connectivity index (χ1) is 13.0. The average molecular weight is 406 g/mol. The van der Waals surface area contributed by atoms with Crippen LogP contribution < -0.4 is 20.0 Å². The minimum absolute atomic E-state index is 0.163. The van der Waals surface area contributed by atoms with Crippen LogP contribution in [0, 0.1) is 0 Å². The van der Waals surface area contributed by atoms with Gasteiger partial charge < -0.3 is 14.5 Å². The van der Waals surface area contributed by atoms with Crippen LogP contribution in [-0.2, 0) is 4.79 Å². The number of amides is 1. The zero-order chi connectivity index (χ0) is 19.0. The Bertz CT molecular complexity index is 907. The number of benzene rings is 2. The molecule has 0 aromatic heterocycles. The first kappa shape index (κ1) is 17.9. The lowest BCUT2D eigenvalue weighted by atomic mass is 10.1. The van der Waals surface area contributed by atoms with Gasteiger partial charge in [0.1, 0.15) is 5.75 Å². The van der Waals surface area contributed by atoms with Gasteiger partial charge in [0.15, 0.2) is 6.04 Å². The molecule has 27 heavy (non-hydrogen) atoms. The van der Waals surface area contributed by atoms with Gasteiger partial charge in [-0.2, -0.15) is 0 Å². The van der Waals surface area contributed by atoms with Crippen LogP contribution >= 0.6 is 23.2 Å². The van der Waals surface area contributed by atoms with Gasteiger partial charge in [-0.1, -0.05) is 40.6 Å². The molecule has 4 rings (SSSR count). The standard InChI is InChI=1S/C18H17Cl2N5O2/c1-24-8-9-25(14-5-3-2-4-13(14)24)18(26)16-17(22-23-21-16)27-15-10-11(19)6-7-12(15)20/h2-7,10,16-17H,8-9H2,1H3,(H,21,22). The predicted molar refractivity (Wildman–Crippen MR) is 105 cm³/mol. The van der Waals surface area contributed by atoms with Gasteiger partial charge in [-0.3, -0.25) is 10.2 Å². The SMILES string of the molecule is CN1CCN(C(=O)C2NN=NC2Oc2cc(Cl)ccc2Cl)c2ccccc21. The number of rotatable bonds is 3. The largest absolute Gasteiger partial charge is 0.463 e. The van der Waals surface area contributed by atoms with Crippen LogP contribution in [-0.4, -0.2) is 38.3 Å². The molecule has 0 saturated carbocycles. The van der Waals surface area contributed by atoms with Crippen molar-refractivity contribution in [3.05, 3.63) is 52.5 Å². The molecule has 2 unspecified atom stereocenters. The van der Waals surface area contributed by atoms with E-state index in [-0.39, 0.29) is 5.91 Å². The van der Waals surface area contributed by atoms with Crippen LogP contribution in [0.15, 0.2) is 52.8 Å². The van der Waals surface area contributed by atoms with Crippen LogP contribution in [0.1, 0.15) is 0 Å². The van der Waals surface area contributed by atoms with Gasteiger partial charge >= 0.3 is 0 Å². The first-order valence-electron chi connectivity index (χ1n) is 8.43. The van der Waals surface area contributed by atoms with Gasteiger partial charge in [-0.05, 0) is 24.3 Å². The van der Waals surface area contributed by atoms with Gasteiger partial charge in [-0.15, -0.1) is 5.11 Å². The fourth-order valence-corrected chi connectivity index (χ4v) is 3.48. The number of ether oxygens (including phenoxy) is 1. The topological polar surface area (TPSA) is 69.5 Å². The Morgan fingerprint density at radius 1 is 1.19 bits per heavy atom. The van der Waals surface area contributed by atoms with Crippen molar-refractivity contribution in [2.75, 3.05) is 29.9 Å². The highest BCUT2D eigenvalue weighted by atomic mass is 35.5. The highest BCUT2D eigenvalue weighted by Crippen LogP contribution is 2.34. The minimum atomic E-state index is -0.833. The fourth-order valence-electron chi connectivity index (χ4n) is 3.15. The average Bonchev–Trinajstić information content (AvgIpc) is 3.13. The third kappa shape index (κ3) is 3.40. The minimum Gasteiger partial charge on any atom is -0.463 e. The maximum absolute atomic E-state index is 13.2. The molecule has 2 aromatic carbocycles. The molecule has 140 valence electrons. The first-order valence-corrected chi connectivity index (χ1v) is 9.19. The van der Waals surface area contributed by atoms with Crippen LogP contribution in [0.25, 0.3) is 0 Å². The second-order valence-electron chi connectivity index (χ2n) is 6.31. The van der Waals surface area contributed by atoms with Gasteiger partial charge in [0, 0.05) is 31.2 Å². The zero-order valence-corrected chi connectivity index (χ0v) is 16.0. The van der Waals surface area contributed by atoms with Crippen molar-refractivity contribution in [1.29, 1.82) is 0 Å². The van der Waals surface area contributed by atoms with E-state index in [1.807, 2.05) is 31.3 Å². The number of para-hydroxylation sites is 2. The molecular formula is C18H17Cl2N5O2. The smallest absolute Gasteiger partial charge is 0.257 e. The molecule has 2 heterocycles. The highest BCUT2D eigenvalue weighted by Gasteiger charge is 2.39. The summed E-state index contributed by atoms with van der Waals surface area (Å²) in [5.41, 5.74) is 4.60. The number of fused-ring (bicyclic) bond motifs is 1. The fraction of sp³-hybridized carbons (Fsp3) is 0.278. The second kappa shape index (κ2) is 7.25. The predicted octanol–water partition coefficient (Wildman–Crippen LogP) is 3.52. The normalized spacial score (nSPS) is 21.0. The number of hydrogen-bond acceptors (Lipinski definition) is 6. The molecule has 7 nitrogen and oxygen atoms in total. The summed E-state index contributed by atoms with van der Waals surface area (Å²) in [6.45, 7) is 1.30. The lowest BCUT2D eigenvalue weighted by Crippen LogP contribution is -2.53. The van der Waals surface area contributed by atoms with E-state index < -0.39 is 12.3 Å². The quantitative estimate of drug-likeness (QED) is 0.847. The van der Waals surface area contributed by atoms with Crippen molar-refractivity contribution < 1.29 is 9.53 Å². The van der Waals surface area contributed by atoms with Crippen LogP contribution in [0.2, 0.25) is 10.0 Å². The van der Waals surface area contributed by atoms with Crippen molar-refractivity contribution in [2.45, 2.75) is 12.3 Å². The molecule has 2 aliphatic rings. The van der Waals surface area contributed by atoms with Crippen LogP contribution in [0.3, 0.4) is 0 Å². The molecule has 0 bridgehead atoms. The van der Waals surface area contributed by atoms with Crippen LogP contribution in [0.4, 0.5) is 11.4 Å². The highest BCUT2D eigenvalue weighted by molar-refractivity contribution is 6.34. The summed E-state index contributed by atoms with van der Waals surface area (Å²) in [5.74, 6) is 0.192. The summed E-state index contributed by atoms with van der Waals surface area (Å²) >= 11 is 12.2. The lowest BCUT2D eigenvalue weighted by molar-refractivity contribution is -0.122. The lowest BCUT2D eigenvalue weighted by Gasteiger charge is -2.36.